The molecule has 1 aliphatic rings. The third-order valence-electron chi connectivity index (χ3n) is 3.81. The molecule has 0 spiro atoms. The first-order chi connectivity index (χ1) is 11.5. The van der Waals surface area contributed by atoms with Crippen molar-refractivity contribution in [3.63, 3.8) is 0 Å². The van der Waals surface area contributed by atoms with Gasteiger partial charge < -0.3 is 5.11 Å². The van der Waals surface area contributed by atoms with Crippen molar-refractivity contribution < 1.29 is 24.7 Å². The number of carbonyl (C=O) groups excluding carboxylic acids is 2. The van der Waals surface area contributed by atoms with Crippen molar-refractivity contribution in [1.29, 1.82) is 0 Å². The molecular formula is C17H14N2O5. The van der Waals surface area contributed by atoms with Crippen molar-refractivity contribution in [2.24, 2.45) is 0 Å². The number of amides is 2. The van der Waals surface area contributed by atoms with Crippen LogP contribution in [0, 0.1) is 0 Å². The second-order valence-electron chi connectivity index (χ2n) is 5.32. The molecule has 122 valence electrons. The Morgan fingerprint density at radius 2 is 1.67 bits per heavy atom. The minimum Gasteiger partial charge on any atom is -0.478 e. The van der Waals surface area contributed by atoms with Crippen LogP contribution in [0.3, 0.4) is 0 Å². The minimum atomic E-state index is -1.09. The highest BCUT2D eigenvalue weighted by Crippen LogP contribution is 2.27. The molecule has 2 aromatic carbocycles. The van der Waals surface area contributed by atoms with Crippen LogP contribution in [-0.4, -0.2) is 34.1 Å². The lowest BCUT2D eigenvalue weighted by Crippen LogP contribution is -2.40. The van der Waals surface area contributed by atoms with E-state index in [9.17, 15) is 19.6 Å². The summed E-state index contributed by atoms with van der Waals surface area (Å²) in [5.41, 5.74) is 0.744. The van der Waals surface area contributed by atoms with E-state index in [1.165, 1.54) is 24.3 Å². The average molecular weight is 326 g/mol. The maximum Gasteiger partial charge on any atom is 0.335 e. The monoisotopic (exact) mass is 326 g/mol. The molecule has 1 fully saturated rings. The number of anilines is 2. The zero-order valence-corrected chi connectivity index (χ0v) is 12.5. The second kappa shape index (κ2) is 6.13. The molecule has 7 heteroatoms. The van der Waals surface area contributed by atoms with E-state index in [2.05, 4.69) is 0 Å². The molecule has 0 saturated carbocycles. The summed E-state index contributed by atoms with van der Waals surface area (Å²) in [5.74, 6) is -2.11. The number of benzene rings is 2. The van der Waals surface area contributed by atoms with Crippen LogP contribution in [0.1, 0.15) is 16.8 Å². The largest absolute Gasteiger partial charge is 0.478 e. The van der Waals surface area contributed by atoms with Gasteiger partial charge in [-0.1, -0.05) is 18.2 Å². The topological polar surface area (TPSA) is 98.2 Å². The number of hydrogen-bond donors (Lipinski definition) is 2. The molecule has 1 saturated heterocycles. The number of aromatic carboxylic acids is 1. The van der Waals surface area contributed by atoms with E-state index in [0.29, 0.717) is 5.69 Å². The fraction of sp³-hybridized carbons (Fsp3) is 0.118. The molecule has 1 heterocycles. The molecule has 0 aromatic heterocycles. The van der Waals surface area contributed by atoms with E-state index in [-0.39, 0.29) is 17.7 Å². The average Bonchev–Trinajstić information content (AvgIpc) is 2.89. The van der Waals surface area contributed by atoms with Crippen LogP contribution in [0.5, 0.6) is 0 Å². The van der Waals surface area contributed by atoms with Crippen LogP contribution in [0.15, 0.2) is 54.6 Å². The normalized spacial score (nSPS) is 17.2. The number of carboxylic acid groups (broad SMARTS) is 1. The van der Waals surface area contributed by atoms with E-state index in [4.69, 9.17) is 5.11 Å². The highest BCUT2D eigenvalue weighted by molar-refractivity contribution is 6.23. The van der Waals surface area contributed by atoms with Gasteiger partial charge in [-0.05, 0) is 36.4 Å². The summed E-state index contributed by atoms with van der Waals surface area (Å²) in [4.78, 5) is 36.6. The molecule has 0 unspecified atom stereocenters. The zero-order valence-electron chi connectivity index (χ0n) is 12.5. The van der Waals surface area contributed by atoms with Gasteiger partial charge in [-0.3, -0.25) is 14.8 Å². The summed E-state index contributed by atoms with van der Waals surface area (Å²) < 4.78 is 0. The Kier molecular flexibility index (Phi) is 4.01. The van der Waals surface area contributed by atoms with E-state index in [1.807, 2.05) is 0 Å². The fourth-order valence-corrected chi connectivity index (χ4v) is 2.59. The number of hydroxylamine groups is 1. The lowest BCUT2D eigenvalue weighted by atomic mass is 10.2. The van der Waals surface area contributed by atoms with E-state index >= 15 is 0 Å². The van der Waals surface area contributed by atoms with Gasteiger partial charge >= 0.3 is 5.97 Å². The minimum absolute atomic E-state index is 0.0578. The van der Waals surface area contributed by atoms with Crippen LogP contribution >= 0.6 is 0 Å². The molecular weight excluding hydrogens is 312 g/mol. The number of para-hydroxylation sites is 1. The van der Waals surface area contributed by atoms with Gasteiger partial charge in [-0.25, -0.2) is 14.8 Å². The quantitative estimate of drug-likeness (QED) is 0.658. The lowest BCUT2D eigenvalue weighted by molar-refractivity contribution is -0.121. The Morgan fingerprint density at radius 3 is 2.25 bits per heavy atom. The van der Waals surface area contributed by atoms with Gasteiger partial charge in [0.15, 0.2) is 0 Å². The molecule has 0 aliphatic carbocycles. The third-order valence-corrected chi connectivity index (χ3v) is 3.81. The zero-order chi connectivity index (χ0) is 17.3. The maximum atomic E-state index is 12.5. The molecule has 1 atom stereocenters. The van der Waals surface area contributed by atoms with Gasteiger partial charge in [0.05, 0.1) is 23.4 Å². The fourth-order valence-electron chi connectivity index (χ4n) is 2.59. The van der Waals surface area contributed by atoms with Crippen LogP contribution in [0.4, 0.5) is 11.4 Å². The Morgan fingerprint density at radius 1 is 1.04 bits per heavy atom. The predicted octanol–water partition coefficient (Wildman–Crippen LogP) is 1.91. The summed E-state index contributed by atoms with van der Waals surface area (Å²) in [7, 11) is 0. The molecule has 7 nitrogen and oxygen atoms in total. The van der Waals surface area contributed by atoms with Crippen molar-refractivity contribution in [3.8, 4) is 0 Å². The molecule has 24 heavy (non-hydrogen) atoms. The van der Waals surface area contributed by atoms with Crippen LogP contribution < -0.4 is 9.96 Å². The standard InChI is InChI=1S/C17H14N2O5/c20-15-10-14(19(24)13-4-2-1-3-5-13)16(21)18(15)12-8-6-11(7-9-12)17(22)23/h1-9,14,24H,10H2,(H,22,23)/t14-/m1/s1. The van der Waals surface area contributed by atoms with Gasteiger partial charge in [0.1, 0.15) is 6.04 Å². The Bertz CT molecular complexity index is 788. The first-order valence-corrected chi connectivity index (χ1v) is 7.22. The Balaban J connectivity index is 1.85. The van der Waals surface area contributed by atoms with Crippen molar-refractivity contribution >= 4 is 29.2 Å². The van der Waals surface area contributed by atoms with Crippen LogP contribution in [0.25, 0.3) is 0 Å². The summed E-state index contributed by atoms with van der Waals surface area (Å²) in [5, 5.41) is 19.9. The molecule has 2 N–H and O–H groups in total. The second-order valence-corrected chi connectivity index (χ2v) is 5.32. The number of carboxylic acids is 1. The number of hydrogen-bond acceptors (Lipinski definition) is 5. The SMILES string of the molecule is O=C(O)c1ccc(N2C(=O)C[C@@H](N(O)c3ccccc3)C2=O)cc1. The molecule has 3 rings (SSSR count). The number of carbonyl (C=O) groups is 3. The van der Waals surface area contributed by atoms with Gasteiger partial charge in [-0.2, -0.15) is 0 Å². The van der Waals surface area contributed by atoms with Crippen molar-refractivity contribution in [2.75, 3.05) is 9.96 Å². The highest BCUT2D eigenvalue weighted by Gasteiger charge is 2.43. The maximum absolute atomic E-state index is 12.5. The summed E-state index contributed by atoms with van der Waals surface area (Å²) in [6.45, 7) is 0. The van der Waals surface area contributed by atoms with E-state index < -0.39 is 23.8 Å². The molecule has 1 aliphatic heterocycles. The summed E-state index contributed by atoms with van der Waals surface area (Å²) >= 11 is 0. The third kappa shape index (κ3) is 2.72. The smallest absolute Gasteiger partial charge is 0.335 e. The first-order valence-electron chi connectivity index (χ1n) is 7.22. The van der Waals surface area contributed by atoms with Gasteiger partial charge in [0, 0.05) is 0 Å². The molecule has 2 amide bonds. The van der Waals surface area contributed by atoms with Crippen LogP contribution in [-0.2, 0) is 9.59 Å². The number of imide groups is 1. The molecule has 2 aromatic rings. The Hall–Kier alpha value is -3.19. The molecule has 0 bridgehead atoms. The van der Waals surface area contributed by atoms with E-state index in [0.717, 1.165) is 9.96 Å². The van der Waals surface area contributed by atoms with Crippen molar-refractivity contribution in [3.05, 3.63) is 60.2 Å². The highest BCUT2D eigenvalue weighted by atomic mass is 16.5. The van der Waals surface area contributed by atoms with Crippen LogP contribution in [0.2, 0.25) is 0 Å². The predicted molar refractivity (Wildman–Crippen MR) is 85.0 cm³/mol. The Labute approximate surface area is 137 Å². The summed E-state index contributed by atoms with van der Waals surface area (Å²) in [6.07, 6.45) is -0.162. The first kappa shape index (κ1) is 15.7. The van der Waals surface area contributed by atoms with Gasteiger partial charge in [-0.15, -0.1) is 0 Å². The van der Waals surface area contributed by atoms with Gasteiger partial charge in [0.25, 0.3) is 5.91 Å². The van der Waals surface area contributed by atoms with Gasteiger partial charge in [0.2, 0.25) is 5.91 Å². The van der Waals surface area contributed by atoms with E-state index in [1.54, 1.807) is 30.3 Å². The molecule has 0 radical (unpaired) electrons. The summed E-state index contributed by atoms with van der Waals surface area (Å²) in [6, 6.07) is 12.9. The lowest BCUT2D eigenvalue weighted by Gasteiger charge is -2.22. The van der Waals surface area contributed by atoms with Crippen molar-refractivity contribution in [1.82, 2.24) is 0 Å². The number of rotatable bonds is 4. The van der Waals surface area contributed by atoms with Crippen molar-refractivity contribution in [2.45, 2.75) is 12.5 Å². The number of nitrogens with zero attached hydrogens (tertiary/aromatic N) is 2.